The van der Waals surface area contributed by atoms with Gasteiger partial charge in [-0.25, -0.2) is 0 Å². The van der Waals surface area contributed by atoms with Crippen LogP contribution in [0.15, 0.2) is 54.1 Å². The first-order chi connectivity index (χ1) is 13.7. The zero-order chi connectivity index (χ0) is 21.6. The predicted molar refractivity (Wildman–Crippen MR) is 109 cm³/mol. The van der Waals surface area contributed by atoms with Crippen LogP contribution >= 0.6 is 0 Å². The van der Waals surface area contributed by atoms with Gasteiger partial charge >= 0.3 is 11.9 Å². The SMILES string of the molecule is COC(=O)C(Cc1ccc(CC=C(C)C)c(O)c1)C(C(=O)O)c1ccc(O)cc1. The number of hydrogen-bond donors (Lipinski definition) is 3. The lowest BCUT2D eigenvalue weighted by Gasteiger charge is -2.23. The van der Waals surface area contributed by atoms with Crippen molar-refractivity contribution in [1.29, 1.82) is 0 Å². The van der Waals surface area contributed by atoms with E-state index in [-0.39, 0.29) is 17.9 Å². The molecular formula is C23H26O6. The number of rotatable bonds is 8. The van der Waals surface area contributed by atoms with Crippen molar-refractivity contribution in [3.8, 4) is 11.5 Å². The van der Waals surface area contributed by atoms with Crippen LogP contribution < -0.4 is 0 Å². The summed E-state index contributed by atoms with van der Waals surface area (Å²) < 4.78 is 4.86. The highest BCUT2D eigenvalue weighted by atomic mass is 16.5. The van der Waals surface area contributed by atoms with Crippen LogP contribution in [0.25, 0.3) is 0 Å². The molecule has 0 aliphatic carbocycles. The molecule has 2 aromatic rings. The summed E-state index contributed by atoms with van der Waals surface area (Å²) >= 11 is 0. The van der Waals surface area contributed by atoms with Gasteiger partial charge in [0.1, 0.15) is 11.5 Å². The third-order valence-corrected chi connectivity index (χ3v) is 4.76. The van der Waals surface area contributed by atoms with E-state index < -0.39 is 23.8 Å². The van der Waals surface area contributed by atoms with E-state index in [1.807, 2.05) is 19.9 Å². The van der Waals surface area contributed by atoms with E-state index >= 15 is 0 Å². The maximum atomic E-state index is 12.4. The van der Waals surface area contributed by atoms with Crippen LogP contribution in [0.3, 0.4) is 0 Å². The Morgan fingerprint density at radius 1 is 1.07 bits per heavy atom. The molecular weight excluding hydrogens is 372 g/mol. The first kappa shape index (κ1) is 22.0. The number of ether oxygens (including phenoxy) is 1. The molecule has 6 nitrogen and oxygen atoms in total. The number of carboxylic acid groups (broad SMARTS) is 1. The molecule has 3 N–H and O–H groups in total. The number of allylic oxidation sites excluding steroid dienone is 2. The monoisotopic (exact) mass is 398 g/mol. The van der Waals surface area contributed by atoms with Gasteiger partial charge in [0.25, 0.3) is 0 Å². The number of aliphatic carboxylic acids is 1. The van der Waals surface area contributed by atoms with Crippen molar-refractivity contribution < 1.29 is 29.6 Å². The zero-order valence-corrected chi connectivity index (χ0v) is 16.8. The maximum absolute atomic E-state index is 12.4. The largest absolute Gasteiger partial charge is 0.508 e. The Morgan fingerprint density at radius 2 is 1.72 bits per heavy atom. The maximum Gasteiger partial charge on any atom is 0.311 e. The van der Waals surface area contributed by atoms with Crippen LogP contribution in [0, 0.1) is 5.92 Å². The molecule has 2 atom stereocenters. The van der Waals surface area contributed by atoms with Gasteiger partial charge in [-0.3, -0.25) is 9.59 Å². The average molecular weight is 398 g/mol. The summed E-state index contributed by atoms with van der Waals surface area (Å²) in [5.41, 5.74) is 2.90. The van der Waals surface area contributed by atoms with Gasteiger partial charge in [0, 0.05) is 0 Å². The van der Waals surface area contributed by atoms with Crippen LogP contribution in [-0.2, 0) is 27.2 Å². The number of hydrogen-bond acceptors (Lipinski definition) is 5. The zero-order valence-electron chi connectivity index (χ0n) is 16.8. The fraction of sp³-hybridized carbons (Fsp3) is 0.304. The number of phenolic OH excluding ortho intramolecular Hbond substituents is 2. The standard InChI is InChI=1S/C23H26O6/c1-14(2)4-6-16-7-5-15(13-20(16)25)12-19(23(28)29-3)21(22(26)27)17-8-10-18(24)11-9-17/h4-5,7-11,13,19,21,24-25H,6,12H2,1-3H3,(H,26,27). The molecule has 0 bridgehead atoms. The summed E-state index contributed by atoms with van der Waals surface area (Å²) in [7, 11) is 1.21. The molecule has 0 radical (unpaired) electrons. The van der Waals surface area contributed by atoms with E-state index in [2.05, 4.69) is 0 Å². The molecule has 2 aromatic carbocycles. The minimum absolute atomic E-state index is 0.00406. The lowest BCUT2D eigenvalue weighted by molar-refractivity contribution is -0.152. The second-order valence-corrected chi connectivity index (χ2v) is 7.19. The summed E-state index contributed by atoms with van der Waals surface area (Å²) in [5.74, 6) is -3.88. The molecule has 2 rings (SSSR count). The average Bonchev–Trinajstić information content (AvgIpc) is 2.67. The normalized spacial score (nSPS) is 12.7. The van der Waals surface area contributed by atoms with Crippen LogP contribution in [0.1, 0.15) is 36.5 Å². The van der Waals surface area contributed by atoms with Crippen LogP contribution in [0.2, 0.25) is 0 Å². The van der Waals surface area contributed by atoms with Gasteiger partial charge in [0.05, 0.1) is 18.9 Å². The summed E-state index contributed by atoms with van der Waals surface area (Å²) in [5, 5.41) is 29.6. The van der Waals surface area contributed by atoms with E-state index in [0.717, 1.165) is 11.1 Å². The van der Waals surface area contributed by atoms with Crippen molar-refractivity contribution in [3.05, 3.63) is 70.8 Å². The number of carboxylic acids is 1. The Bertz CT molecular complexity index is 894. The lowest BCUT2D eigenvalue weighted by Crippen LogP contribution is -2.31. The fourth-order valence-electron chi connectivity index (χ4n) is 3.19. The highest BCUT2D eigenvalue weighted by Crippen LogP contribution is 2.32. The van der Waals surface area contributed by atoms with Crippen molar-refractivity contribution >= 4 is 11.9 Å². The van der Waals surface area contributed by atoms with Crippen molar-refractivity contribution in [2.24, 2.45) is 5.92 Å². The van der Waals surface area contributed by atoms with Crippen molar-refractivity contribution in [3.63, 3.8) is 0 Å². The van der Waals surface area contributed by atoms with Crippen LogP contribution in [-0.4, -0.2) is 34.4 Å². The van der Waals surface area contributed by atoms with Gasteiger partial charge in [-0.15, -0.1) is 0 Å². The highest BCUT2D eigenvalue weighted by Gasteiger charge is 2.36. The smallest absolute Gasteiger partial charge is 0.311 e. The second-order valence-electron chi connectivity index (χ2n) is 7.19. The van der Waals surface area contributed by atoms with Crippen molar-refractivity contribution in [2.75, 3.05) is 7.11 Å². The van der Waals surface area contributed by atoms with Gasteiger partial charge in [0.15, 0.2) is 0 Å². The molecule has 0 saturated carbocycles. The molecule has 154 valence electrons. The number of aromatic hydroxyl groups is 2. The minimum atomic E-state index is -1.17. The molecule has 2 unspecified atom stereocenters. The molecule has 0 spiro atoms. The fourth-order valence-corrected chi connectivity index (χ4v) is 3.19. The van der Waals surface area contributed by atoms with E-state index in [0.29, 0.717) is 17.5 Å². The van der Waals surface area contributed by atoms with Gasteiger partial charge in [-0.1, -0.05) is 35.9 Å². The van der Waals surface area contributed by atoms with Crippen LogP contribution in [0.5, 0.6) is 11.5 Å². The lowest BCUT2D eigenvalue weighted by atomic mass is 9.82. The van der Waals surface area contributed by atoms with Gasteiger partial charge in [-0.2, -0.15) is 0 Å². The first-order valence-electron chi connectivity index (χ1n) is 9.26. The van der Waals surface area contributed by atoms with Gasteiger partial charge in [-0.05, 0) is 61.6 Å². The Kier molecular flexibility index (Phi) is 7.42. The van der Waals surface area contributed by atoms with Crippen LogP contribution in [0.4, 0.5) is 0 Å². The molecule has 0 aliphatic rings. The summed E-state index contributed by atoms with van der Waals surface area (Å²) in [6.07, 6.45) is 2.67. The van der Waals surface area contributed by atoms with E-state index in [1.54, 1.807) is 18.2 Å². The third kappa shape index (κ3) is 5.85. The molecule has 0 aliphatic heterocycles. The number of benzene rings is 2. The van der Waals surface area contributed by atoms with E-state index in [9.17, 15) is 24.9 Å². The Labute approximate surface area is 170 Å². The molecule has 0 aromatic heterocycles. The number of carbonyl (C=O) groups excluding carboxylic acids is 1. The van der Waals surface area contributed by atoms with Crippen molar-refractivity contribution in [1.82, 2.24) is 0 Å². The van der Waals surface area contributed by atoms with Gasteiger partial charge < -0.3 is 20.1 Å². The molecule has 0 amide bonds. The molecule has 0 fully saturated rings. The number of phenols is 2. The molecule has 0 saturated heterocycles. The third-order valence-electron chi connectivity index (χ3n) is 4.76. The summed E-state index contributed by atoms with van der Waals surface area (Å²) in [4.78, 5) is 24.4. The molecule has 6 heteroatoms. The molecule has 29 heavy (non-hydrogen) atoms. The van der Waals surface area contributed by atoms with E-state index in [4.69, 9.17) is 4.74 Å². The van der Waals surface area contributed by atoms with Gasteiger partial charge in [0.2, 0.25) is 0 Å². The topological polar surface area (TPSA) is 104 Å². The summed E-state index contributed by atoms with van der Waals surface area (Å²) in [6.45, 7) is 3.95. The van der Waals surface area contributed by atoms with E-state index in [1.165, 1.54) is 31.4 Å². The number of carbonyl (C=O) groups is 2. The number of methoxy groups -OCH3 is 1. The minimum Gasteiger partial charge on any atom is -0.508 e. The Hall–Kier alpha value is -3.28. The second kappa shape index (κ2) is 9.78. The molecule has 0 heterocycles. The predicted octanol–water partition coefficient (Wildman–Crippen LogP) is 3.81. The highest BCUT2D eigenvalue weighted by molar-refractivity contribution is 5.85. The summed E-state index contributed by atoms with van der Waals surface area (Å²) in [6, 6.07) is 10.8. The quantitative estimate of drug-likeness (QED) is 0.461. The Balaban J connectivity index is 2.36. The Morgan fingerprint density at radius 3 is 2.24 bits per heavy atom. The number of esters is 1. The van der Waals surface area contributed by atoms with Crippen molar-refractivity contribution in [2.45, 2.75) is 32.6 Å². The first-order valence-corrected chi connectivity index (χ1v) is 9.26.